The first-order valence-corrected chi connectivity index (χ1v) is 9.53. The molecule has 8 nitrogen and oxygen atoms in total. The van der Waals surface area contributed by atoms with Crippen LogP contribution < -0.4 is 0 Å². The van der Waals surface area contributed by atoms with Gasteiger partial charge in [0.25, 0.3) is 0 Å². The maximum atomic E-state index is 11.6. The van der Waals surface area contributed by atoms with E-state index in [1.54, 1.807) is 48.5 Å². The van der Waals surface area contributed by atoms with Gasteiger partial charge >= 0.3 is 11.9 Å². The molecule has 162 valence electrons. The van der Waals surface area contributed by atoms with E-state index in [9.17, 15) is 9.59 Å². The minimum absolute atomic E-state index is 0.0228. The topological polar surface area (TPSA) is 112 Å². The molecule has 2 N–H and O–H groups in total. The molecule has 0 heterocycles. The summed E-state index contributed by atoms with van der Waals surface area (Å²) in [5, 5.41) is 17.3. The van der Waals surface area contributed by atoms with E-state index in [1.807, 2.05) is 0 Å². The van der Waals surface area contributed by atoms with Crippen LogP contribution in [0.2, 0.25) is 0 Å². The van der Waals surface area contributed by atoms with Crippen LogP contribution in [-0.4, -0.2) is 61.8 Å². The van der Waals surface area contributed by atoms with E-state index in [1.165, 1.54) is 0 Å². The Kier molecular flexibility index (Phi) is 10.5. The van der Waals surface area contributed by atoms with E-state index in [-0.39, 0.29) is 26.4 Å². The summed E-state index contributed by atoms with van der Waals surface area (Å²) in [6, 6.07) is 13.7. The second kappa shape index (κ2) is 13.4. The number of aliphatic hydroxyl groups is 2. The fourth-order valence-electron chi connectivity index (χ4n) is 2.42. The first kappa shape index (κ1) is 23.5. The molecule has 0 spiro atoms. The zero-order valence-corrected chi connectivity index (χ0v) is 16.6. The summed E-state index contributed by atoms with van der Waals surface area (Å²) in [7, 11) is 0. The van der Waals surface area contributed by atoms with Crippen molar-refractivity contribution in [3.63, 3.8) is 0 Å². The zero-order chi connectivity index (χ0) is 21.6. The minimum Gasteiger partial charge on any atom is -0.460 e. The molecule has 0 amide bonds. The second-order valence-corrected chi connectivity index (χ2v) is 6.22. The third-order valence-electron chi connectivity index (χ3n) is 3.94. The summed E-state index contributed by atoms with van der Waals surface area (Å²) in [6.45, 7) is 1.14. The number of esters is 2. The van der Waals surface area contributed by atoms with Gasteiger partial charge in [-0.25, -0.2) is 9.59 Å². The van der Waals surface area contributed by atoms with E-state index in [0.717, 1.165) is 11.1 Å². The van der Waals surface area contributed by atoms with Crippen LogP contribution in [0.3, 0.4) is 0 Å². The molecule has 0 aliphatic heterocycles. The molecular formula is C22H26O8. The number of ether oxygens (including phenoxy) is 4. The van der Waals surface area contributed by atoms with E-state index in [4.69, 9.17) is 29.2 Å². The SMILES string of the molecule is O=C(OCCO)c1ccc(COCCOCc2ccc(C(=O)OCCO)cc2)cc1. The van der Waals surface area contributed by atoms with Crippen LogP contribution in [0.4, 0.5) is 0 Å². The fourth-order valence-corrected chi connectivity index (χ4v) is 2.42. The summed E-state index contributed by atoms with van der Waals surface area (Å²) in [5.74, 6) is -0.944. The molecule has 0 saturated carbocycles. The molecule has 0 bridgehead atoms. The lowest BCUT2D eigenvalue weighted by molar-refractivity contribution is 0.0338. The predicted molar refractivity (Wildman–Crippen MR) is 107 cm³/mol. The van der Waals surface area contributed by atoms with Crippen molar-refractivity contribution < 1.29 is 38.7 Å². The van der Waals surface area contributed by atoms with E-state index >= 15 is 0 Å². The zero-order valence-electron chi connectivity index (χ0n) is 16.6. The highest BCUT2D eigenvalue weighted by molar-refractivity contribution is 5.89. The maximum absolute atomic E-state index is 11.6. The molecule has 30 heavy (non-hydrogen) atoms. The van der Waals surface area contributed by atoms with Crippen LogP contribution in [0.5, 0.6) is 0 Å². The molecule has 0 aromatic heterocycles. The van der Waals surface area contributed by atoms with Gasteiger partial charge < -0.3 is 29.2 Å². The van der Waals surface area contributed by atoms with Gasteiger partial charge in [0, 0.05) is 0 Å². The third kappa shape index (κ3) is 8.30. The van der Waals surface area contributed by atoms with Crippen molar-refractivity contribution in [2.24, 2.45) is 0 Å². The van der Waals surface area contributed by atoms with Gasteiger partial charge in [0.2, 0.25) is 0 Å². The normalized spacial score (nSPS) is 10.6. The molecule has 0 aliphatic carbocycles. The lowest BCUT2D eigenvalue weighted by Crippen LogP contribution is -2.09. The average molecular weight is 418 g/mol. The number of aliphatic hydroxyl groups excluding tert-OH is 2. The van der Waals surface area contributed by atoms with Crippen LogP contribution in [-0.2, 0) is 32.2 Å². The highest BCUT2D eigenvalue weighted by Gasteiger charge is 2.07. The van der Waals surface area contributed by atoms with Crippen LogP contribution in [0.25, 0.3) is 0 Å². The number of carbonyl (C=O) groups excluding carboxylic acids is 2. The molecule has 2 rings (SSSR count). The molecule has 0 atom stereocenters. The lowest BCUT2D eigenvalue weighted by atomic mass is 10.1. The maximum Gasteiger partial charge on any atom is 0.338 e. The smallest absolute Gasteiger partial charge is 0.338 e. The predicted octanol–water partition coefficient (Wildman–Crippen LogP) is 1.72. The van der Waals surface area contributed by atoms with Crippen molar-refractivity contribution in [1.29, 1.82) is 0 Å². The Balaban J connectivity index is 1.61. The highest BCUT2D eigenvalue weighted by atomic mass is 16.5. The van der Waals surface area contributed by atoms with Crippen molar-refractivity contribution in [2.45, 2.75) is 13.2 Å². The van der Waals surface area contributed by atoms with Crippen molar-refractivity contribution in [2.75, 3.05) is 39.6 Å². The number of carbonyl (C=O) groups is 2. The molecule has 0 saturated heterocycles. The first-order chi connectivity index (χ1) is 14.6. The summed E-state index contributed by atoms with van der Waals surface area (Å²) in [6.07, 6.45) is 0. The Labute approximate surface area is 175 Å². The van der Waals surface area contributed by atoms with Crippen molar-refractivity contribution >= 4 is 11.9 Å². The first-order valence-electron chi connectivity index (χ1n) is 9.53. The largest absolute Gasteiger partial charge is 0.460 e. The fraction of sp³-hybridized carbons (Fsp3) is 0.364. The van der Waals surface area contributed by atoms with E-state index in [0.29, 0.717) is 37.6 Å². The number of hydrogen-bond donors (Lipinski definition) is 2. The van der Waals surface area contributed by atoms with Gasteiger partial charge in [0.15, 0.2) is 0 Å². The summed E-state index contributed by atoms with van der Waals surface area (Å²) in [5.41, 5.74) is 2.67. The molecule has 8 heteroatoms. The number of benzene rings is 2. The van der Waals surface area contributed by atoms with Crippen molar-refractivity contribution in [3.05, 3.63) is 70.8 Å². The van der Waals surface area contributed by atoms with Gasteiger partial charge in [0.05, 0.1) is 50.8 Å². The number of hydrogen-bond acceptors (Lipinski definition) is 8. The van der Waals surface area contributed by atoms with Crippen LogP contribution >= 0.6 is 0 Å². The van der Waals surface area contributed by atoms with Crippen LogP contribution in [0.1, 0.15) is 31.8 Å². The Morgan fingerprint density at radius 3 is 1.30 bits per heavy atom. The summed E-state index contributed by atoms with van der Waals surface area (Å²) < 4.78 is 20.8. The Morgan fingerprint density at radius 2 is 0.967 bits per heavy atom. The highest BCUT2D eigenvalue weighted by Crippen LogP contribution is 2.09. The Hall–Kier alpha value is -2.78. The standard InChI is InChI=1S/C22H26O8/c23-9-11-29-21(25)19-5-1-17(2-6-19)15-27-13-14-28-16-18-3-7-20(8-4-18)22(26)30-12-10-24/h1-8,23-24H,9-16H2. The lowest BCUT2D eigenvalue weighted by Gasteiger charge is -2.08. The average Bonchev–Trinajstić information content (AvgIpc) is 2.78. The second-order valence-electron chi connectivity index (χ2n) is 6.22. The van der Waals surface area contributed by atoms with Gasteiger partial charge in [-0.2, -0.15) is 0 Å². The molecule has 0 aliphatic rings. The monoisotopic (exact) mass is 418 g/mol. The van der Waals surface area contributed by atoms with E-state index < -0.39 is 11.9 Å². The molecule has 2 aromatic rings. The molecule has 0 unspecified atom stereocenters. The third-order valence-corrected chi connectivity index (χ3v) is 3.94. The Morgan fingerprint density at radius 1 is 0.600 bits per heavy atom. The minimum atomic E-state index is -0.472. The molecule has 2 aromatic carbocycles. The van der Waals surface area contributed by atoms with Gasteiger partial charge in [-0.3, -0.25) is 0 Å². The van der Waals surface area contributed by atoms with Crippen LogP contribution in [0, 0.1) is 0 Å². The van der Waals surface area contributed by atoms with Crippen LogP contribution in [0.15, 0.2) is 48.5 Å². The van der Waals surface area contributed by atoms with Gasteiger partial charge in [-0.15, -0.1) is 0 Å². The van der Waals surface area contributed by atoms with Crippen molar-refractivity contribution in [1.82, 2.24) is 0 Å². The van der Waals surface area contributed by atoms with Gasteiger partial charge in [-0.05, 0) is 35.4 Å². The van der Waals surface area contributed by atoms with Gasteiger partial charge in [-0.1, -0.05) is 24.3 Å². The van der Waals surface area contributed by atoms with Crippen molar-refractivity contribution in [3.8, 4) is 0 Å². The summed E-state index contributed by atoms with van der Waals surface area (Å²) in [4.78, 5) is 23.3. The van der Waals surface area contributed by atoms with Gasteiger partial charge in [0.1, 0.15) is 13.2 Å². The number of rotatable bonds is 13. The van der Waals surface area contributed by atoms with E-state index in [2.05, 4.69) is 0 Å². The molecular weight excluding hydrogens is 392 g/mol. The molecule has 0 fully saturated rings. The summed E-state index contributed by atoms with van der Waals surface area (Å²) >= 11 is 0. The quantitative estimate of drug-likeness (QED) is 0.374. The molecule has 0 radical (unpaired) electrons. The Bertz CT molecular complexity index is 703.